The fourth-order valence-corrected chi connectivity index (χ4v) is 3.11. The van der Waals surface area contributed by atoms with Gasteiger partial charge in [0, 0.05) is 51.2 Å². The molecule has 0 bridgehead atoms. The smallest absolute Gasteiger partial charge is 0.231 e. The van der Waals surface area contributed by atoms with Crippen molar-refractivity contribution in [2.45, 2.75) is 25.4 Å². The largest absolute Gasteiger partial charge is 0.381 e. The van der Waals surface area contributed by atoms with Crippen LogP contribution in [0.25, 0.3) is 0 Å². The fourth-order valence-electron chi connectivity index (χ4n) is 3.11. The van der Waals surface area contributed by atoms with Crippen molar-refractivity contribution < 1.29 is 9.53 Å². The van der Waals surface area contributed by atoms with Crippen LogP contribution in [0.2, 0.25) is 0 Å². The van der Waals surface area contributed by atoms with Gasteiger partial charge in [0.15, 0.2) is 5.82 Å². The van der Waals surface area contributed by atoms with Gasteiger partial charge in [0.05, 0.1) is 12.5 Å². The van der Waals surface area contributed by atoms with Gasteiger partial charge in [0.25, 0.3) is 0 Å². The number of likely N-dealkylation sites (tertiary alicyclic amines) is 1. The summed E-state index contributed by atoms with van der Waals surface area (Å²) in [5.74, 6) is 0.828. The summed E-state index contributed by atoms with van der Waals surface area (Å²) in [4.78, 5) is 16.8. The molecule has 2 aliphatic rings. The van der Waals surface area contributed by atoms with Crippen LogP contribution in [-0.2, 0) is 16.1 Å². The molecule has 0 atom stereocenters. The van der Waals surface area contributed by atoms with E-state index in [1.807, 2.05) is 31.0 Å². The van der Waals surface area contributed by atoms with Crippen molar-refractivity contribution in [1.82, 2.24) is 19.6 Å². The van der Waals surface area contributed by atoms with E-state index in [1.165, 1.54) is 0 Å². The number of anilines is 1. The second-order valence-corrected chi connectivity index (χ2v) is 6.75. The molecule has 2 saturated heterocycles. The van der Waals surface area contributed by atoms with E-state index in [2.05, 4.69) is 20.2 Å². The van der Waals surface area contributed by atoms with Crippen molar-refractivity contribution in [2.75, 3.05) is 52.3 Å². The van der Waals surface area contributed by atoms with Crippen molar-refractivity contribution in [1.29, 1.82) is 0 Å². The third kappa shape index (κ3) is 4.31. The van der Waals surface area contributed by atoms with Gasteiger partial charge in [-0.25, -0.2) is 0 Å². The van der Waals surface area contributed by atoms with Crippen LogP contribution < -0.4 is 5.32 Å². The predicted molar refractivity (Wildman–Crippen MR) is 88.3 cm³/mol. The monoisotopic (exact) mass is 321 g/mol. The van der Waals surface area contributed by atoms with Gasteiger partial charge in [0.1, 0.15) is 0 Å². The second kappa shape index (κ2) is 7.42. The van der Waals surface area contributed by atoms with Crippen LogP contribution in [0.1, 0.15) is 12.8 Å². The van der Waals surface area contributed by atoms with Crippen LogP contribution in [0.3, 0.4) is 0 Å². The lowest BCUT2D eigenvalue weighted by Crippen LogP contribution is -2.57. The molecule has 1 N–H and O–H groups in total. The maximum absolute atomic E-state index is 12.3. The Balaban J connectivity index is 1.41. The minimum absolute atomic E-state index is 0.0878. The third-order valence-corrected chi connectivity index (χ3v) is 4.66. The molecular weight excluding hydrogens is 294 g/mol. The average molecular weight is 321 g/mol. The lowest BCUT2D eigenvalue weighted by molar-refractivity contribution is -0.127. The Labute approximate surface area is 137 Å². The highest BCUT2D eigenvalue weighted by Gasteiger charge is 2.37. The lowest BCUT2D eigenvalue weighted by Gasteiger charge is -2.44. The summed E-state index contributed by atoms with van der Waals surface area (Å²) in [5.41, 5.74) is 0. The molecule has 23 heavy (non-hydrogen) atoms. The van der Waals surface area contributed by atoms with E-state index in [0.29, 0.717) is 11.9 Å². The highest BCUT2D eigenvalue weighted by Crippen LogP contribution is 2.25. The van der Waals surface area contributed by atoms with E-state index in [4.69, 9.17) is 4.74 Å². The Kier molecular flexibility index (Phi) is 5.30. The Hall–Kier alpha value is -1.44. The summed E-state index contributed by atoms with van der Waals surface area (Å²) in [6.45, 7) is 5.17. The number of rotatable bonds is 6. The molecule has 0 unspecified atom stereocenters. The molecule has 1 aromatic heterocycles. The van der Waals surface area contributed by atoms with E-state index in [0.717, 1.165) is 52.2 Å². The normalized spacial score (nSPS) is 20.7. The van der Waals surface area contributed by atoms with Crippen LogP contribution in [0.15, 0.2) is 12.3 Å². The zero-order valence-electron chi connectivity index (χ0n) is 14.1. The van der Waals surface area contributed by atoms with Crippen molar-refractivity contribution in [3.05, 3.63) is 12.3 Å². The van der Waals surface area contributed by atoms with E-state index >= 15 is 0 Å². The second-order valence-electron chi connectivity index (χ2n) is 6.75. The number of aromatic nitrogens is 2. The van der Waals surface area contributed by atoms with Gasteiger partial charge in [-0.1, -0.05) is 0 Å². The number of carbonyl (C=O) groups is 1. The molecule has 0 saturated carbocycles. The van der Waals surface area contributed by atoms with Crippen LogP contribution in [-0.4, -0.2) is 78.5 Å². The van der Waals surface area contributed by atoms with Gasteiger partial charge in [-0.15, -0.1) is 0 Å². The average Bonchev–Trinajstić information content (AvgIpc) is 2.92. The first-order valence-electron chi connectivity index (χ1n) is 8.42. The van der Waals surface area contributed by atoms with Gasteiger partial charge >= 0.3 is 0 Å². The number of nitrogens with one attached hydrogen (secondary N) is 1. The molecule has 1 aromatic rings. The van der Waals surface area contributed by atoms with Crippen molar-refractivity contribution in [3.63, 3.8) is 0 Å². The molecule has 7 heteroatoms. The predicted octanol–water partition coefficient (Wildman–Crippen LogP) is 0.494. The zero-order valence-corrected chi connectivity index (χ0v) is 14.1. The molecule has 0 aromatic carbocycles. The number of carbonyl (C=O) groups excluding carboxylic acids is 1. The first-order chi connectivity index (χ1) is 11.1. The lowest BCUT2D eigenvalue weighted by atomic mass is 9.94. The Bertz CT molecular complexity index is 518. The van der Waals surface area contributed by atoms with Crippen molar-refractivity contribution in [2.24, 2.45) is 5.92 Å². The van der Waals surface area contributed by atoms with Crippen molar-refractivity contribution >= 4 is 11.7 Å². The Morgan fingerprint density at radius 3 is 2.83 bits per heavy atom. The quantitative estimate of drug-likeness (QED) is 0.826. The topological polar surface area (TPSA) is 62.6 Å². The SMILES string of the molecule is CN(C)CCn1ccc(NC(=O)C2CN(C3CCOCC3)C2)n1. The molecule has 0 aliphatic carbocycles. The maximum atomic E-state index is 12.3. The van der Waals surface area contributed by atoms with E-state index in [9.17, 15) is 4.79 Å². The summed E-state index contributed by atoms with van der Waals surface area (Å²) < 4.78 is 7.25. The van der Waals surface area contributed by atoms with Gasteiger partial charge in [-0.05, 0) is 26.9 Å². The molecular formula is C16H27N5O2. The summed E-state index contributed by atoms with van der Waals surface area (Å²) in [6, 6.07) is 2.46. The molecule has 0 spiro atoms. The Morgan fingerprint density at radius 1 is 1.39 bits per heavy atom. The number of ether oxygens (including phenoxy) is 1. The Morgan fingerprint density at radius 2 is 2.13 bits per heavy atom. The summed E-state index contributed by atoms with van der Waals surface area (Å²) >= 11 is 0. The van der Waals surface area contributed by atoms with Gasteiger partial charge in [-0.2, -0.15) is 5.10 Å². The number of hydrogen-bond acceptors (Lipinski definition) is 5. The summed E-state index contributed by atoms with van der Waals surface area (Å²) in [6.07, 6.45) is 4.09. The minimum atomic E-state index is 0.0878. The summed E-state index contributed by atoms with van der Waals surface area (Å²) in [5, 5.41) is 7.34. The van der Waals surface area contributed by atoms with Gasteiger partial charge in [0.2, 0.25) is 5.91 Å². The molecule has 128 valence electrons. The third-order valence-electron chi connectivity index (χ3n) is 4.66. The van der Waals surface area contributed by atoms with Crippen molar-refractivity contribution in [3.8, 4) is 0 Å². The number of hydrogen-bond donors (Lipinski definition) is 1. The van der Waals surface area contributed by atoms with Gasteiger partial charge in [-0.3, -0.25) is 14.4 Å². The molecule has 3 rings (SSSR count). The fraction of sp³-hybridized carbons (Fsp3) is 0.750. The number of nitrogens with zero attached hydrogens (tertiary/aromatic N) is 4. The van der Waals surface area contributed by atoms with E-state index in [-0.39, 0.29) is 11.8 Å². The first-order valence-corrected chi connectivity index (χ1v) is 8.42. The summed E-state index contributed by atoms with van der Waals surface area (Å²) in [7, 11) is 4.07. The first kappa shape index (κ1) is 16.4. The maximum Gasteiger partial charge on any atom is 0.231 e. The molecule has 7 nitrogen and oxygen atoms in total. The molecule has 2 fully saturated rings. The highest BCUT2D eigenvalue weighted by molar-refractivity contribution is 5.92. The van der Waals surface area contributed by atoms with E-state index in [1.54, 1.807) is 0 Å². The van der Waals surface area contributed by atoms with Gasteiger partial charge < -0.3 is 15.0 Å². The molecule has 0 radical (unpaired) electrons. The number of likely N-dealkylation sites (N-methyl/N-ethyl adjacent to an activating group) is 1. The van der Waals surface area contributed by atoms with Crippen LogP contribution in [0.5, 0.6) is 0 Å². The highest BCUT2D eigenvalue weighted by atomic mass is 16.5. The molecule has 2 aliphatic heterocycles. The van der Waals surface area contributed by atoms with Crippen LogP contribution in [0, 0.1) is 5.92 Å². The van der Waals surface area contributed by atoms with Crippen LogP contribution in [0.4, 0.5) is 5.82 Å². The molecule has 1 amide bonds. The zero-order chi connectivity index (χ0) is 16.2. The minimum Gasteiger partial charge on any atom is -0.381 e. The molecule has 3 heterocycles. The van der Waals surface area contributed by atoms with Crippen LogP contribution >= 0.6 is 0 Å². The number of amides is 1. The standard InChI is InChI=1S/C16H27N5O2/c1-19(2)7-8-21-6-3-15(18-21)17-16(22)13-11-20(12-13)14-4-9-23-10-5-14/h3,6,13-14H,4-5,7-12H2,1-2H3,(H,17,18,22). The van der Waals surface area contributed by atoms with E-state index < -0.39 is 0 Å².